The Balaban J connectivity index is 2.09. The van der Waals surface area contributed by atoms with Gasteiger partial charge in [-0.05, 0) is 19.4 Å². The van der Waals surface area contributed by atoms with Gasteiger partial charge < -0.3 is 4.52 Å². The molecule has 0 saturated carbocycles. The van der Waals surface area contributed by atoms with Crippen molar-refractivity contribution in [1.82, 2.24) is 5.16 Å². The molecule has 0 spiro atoms. The molecule has 2 nitrogen and oxygen atoms in total. The Kier molecular flexibility index (Phi) is 3.34. The molecule has 1 aliphatic carbocycles. The number of halogens is 1. The summed E-state index contributed by atoms with van der Waals surface area (Å²) in [7, 11) is 0. The molecule has 1 aliphatic rings. The molecule has 0 unspecified atom stereocenters. The van der Waals surface area contributed by atoms with E-state index in [1.165, 1.54) is 6.08 Å². The fourth-order valence-electron chi connectivity index (χ4n) is 1.69. The van der Waals surface area contributed by atoms with E-state index in [0.29, 0.717) is 12.8 Å². The highest BCUT2D eigenvalue weighted by atomic mass is 19.1. The lowest BCUT2D eigenvalue weighted by atomic mass is 10.0. The van der Waals surface area contributed by atoms with Crippen LogP contribution in [-0.4, -0.2) is 5.16 Å². The number of hydrogen-bond donors (Lipinski definition) is 0. The van der Waals surface area contributed by atoms with Gasteiger partial charge >= 0.3 is 0 Å². The van der Waals surface area contributed by atoms with Gasteiger partial charge in [0.25, 0.3) is 0 Å². The molecule has 0 N–H and O–H groups in total. The van der Waals surface area contributed by atoms with E-state index >= 15 is 0 Å². The molecule has 0 aliphatic heterocycles. The summed E-state index contributed by atoms with van der Waals surface area (Å²) >= 11 is 0. The lowest BCUT2D eigenvalue weighted by Gasteiger charge is -2.05. The van der Waals surface area contributed by atoms with E-state index in [9.17, 15) is 4.39 Å². The van der Waals surface area contributed by atoms with Crippen LogP contribution in [0.5, 0.6) is 0 Å². The maximum absolute atomic E-state index is 13.3. The maximum Gasteiger partial charge on any atom is 0.141 e. The highest BCUT2D eigenvalue weighted by Crippen LogP contribution is 2.20. The Bertz CT molecular complexity index is 454. The molecule has 84 valence electrons. The van der Waals surface area contributed by atoms with Crippen LogP contribution in [0.2, 0.25) is 0 Å². The fraction of sp³-hybridized carbons (Fsp3) is 0.308. The van der Waals surface area contributed by atoms with Crippen LogP contribution in [0, 0.1) is 6.92 Å². The smallest absolute Gasteiger partial charge is 0.141 e. The molecule has 0 saturated heterocycles. The molecule has 0 atom stereocenters. The molecule has 1 aromatic heterocycles. The van der Waals surface area contributed by atoms with Gasteiger partial charge in [-0.3, -0.25) is 0 Å². The van der Waals surface area contributed by atoms with Crippen molar-refractivity contribution in [3.8, 4) is 0 Å². The zero-order valence-electron chi connectivity index (χ0n) is 9.24. The van der Waals surface area contributed by atoms with Gasteiger partial charge in [-0.15, -0.1) is 0 Å². The van der Waals surface area contributed by atoms with Crippen LogP contribution in [0.1, 0.15) is 24.3 Å². The van der Waals surface area contributed by atoms with Crippen molar-refractivity contribution in [2.75, 3.05) is 0 Å². The first kappa shape index (κ1) is 10.9. The average molecular weight is 219 g/mol. The molecule has 0 amide bonds. The van der Waals surface area contributed by atoms with Crippen LogP contribution >= 0.6 is 0 Å². The third kappa shape index (κ3) is 2.92. The molecular formula is C13H14FNO. The minimum atomic E-state index is -0.113. The Morgan fingerprint density at radius 2 is 2.38 bits per heavy atom. The summed E-state index contributed by atoms with van der Waals surface area (Å²) < 4.78 is 18.4. The summed E-state index contributed by atoms with van der Waals surface area (Å²) in [5.74, 6) is 0.680. The third-order valence-corrected chi connectivity index (χ3v) is 2.43. The monoisotopic (exact) mass is 219 g/mol. The molecule has 2 rings (SSSR count). The van der Waals surface area contributed by atoms with Crippen molar-refractivity contribution < 1.29 is 8.91 Å². The van der Waals surface area contributed by atoms with E-state index < -0.39 is 0 Å². The third-order valence-electron chi connectivity index (χ3n) is 2.43. The lowest BCUT2D eigenvalue weighted by molar-refractivity contribution is 0.384. The van der Waals surface area contributed by atoms with Gasteiger partial charge in [0, 0.05) is 18.9 Å². The predicted octanol–water partition coefficient (Wildman–Crippen LogP) is 3.66. The van der Waals surface area contributed by atoms with Gasteiger partial charge in [-0.25, -0.2) is 4.39 Å². The Hall–Kier alpha value is -1.64. The first-order valence-corrected chi connectivity index (χ1v) is 5.35. The second kappa shape index (κ2) is 4.92. The second-order valence-corrected chi connectivity index (χ2v) is 3.93. The van der Waals surface area contributed by atoms with Gasteiger partial charge in [0.15, 0.2) is 0 Å². The minimum absolute atomic E-state index is 0.113. The van der Waals surface area contributed by atoms with Crippen molar-refractivity contribution in [3.05, 3.63) is 53.2 Å². The van der Waals surface area contributed by atoms with Gasteiger partial charge in [0.2, 0.25) is 0 Å². The predicted molar refractivity (Wildman–Crippen MR) is 60.6 cm³/mol. The molecule has 16 heavy (non-hydrogen) atoms. The number of aromatic nitrogens is 1. The Labute approximate surface area is 94.1 Å². The largest absolute Gasteiger partial charge is 0.361 e. The van der Waals surface area contributed by atoms with Crippen molar-refractivity contribution in [3.63, 3.8) is 0 Å². The molecule has 0 bridgehead atoms. The first-order chi connectivity index (χ1) is 7.74. The van der Waals surface area contributed by atoms with Gasteiger partial charge in [0.05, 0.1) is 5.69 Å². The van der Waals surface area contributed by atoms with Gasteiger partial charge in [0.1, 0.15) is 11.6 Å². The minimum Gasteiger partial charge on any atom is -0.361 e. The normalized spacial score (nSPS) is 24.9. The van der Waals surface area contributed by atoms with Crippen molar-refractivity contribution in [2.45, 2.75) is 26.2 Å². The standard InChI is InChI=1S/C13H14FNO/c1-10-7-13(16-15-10)9-11-5-3-2-4-6-12(14)8-11/h2,4-7H,3,8-9H2,1H3/b4-2-,11-5+,12-6+. The van der Waals surface area contributed by atoms with Crippen molar-refractivity contribution >= 4 is 0 Å². The van der Waals surface area contributed by atoms with Crippen LogP contribution in [-0.2, 0) is 6.42 Å². The van der Waals surface area contributed by atoms with E-state index in [4.69, 9.17) is 4.52 Å². The average Bonchev–Trinajstić information content (AvgIpc) is 2.60. The van der Waals surface area contributed by atoms with Crippen LogP contribution < -0.4 is 0 Å². The zero-order valence-corrected chi connectivity index (χ0v) is 9.24. The summed E-state index contributed by atoms with van der Waals surface area (Å²) in [5, 5.41) is 3.82. The summed E-state index contributed by atoms with van der Waals surface area (Å²) in [4.78, 5) is 0. The van der Waals surface area contributed by atoms with Crippen LogP contribution in [0.3, 0.4) is 0 Å². The van der Waals surface area contributed by atoms with Crippen molar-refractivity contribution in [2.24, 2.45) is 0 Å². The van der Waals surface area contributed by atoms with E-state index in [0.717, 1.165) is 23.4 Å². The zero-order chi connectivity index (χ0) is 11.4. The number of allylic oxidation sites excluding steroid dienone is 6. The fourth-order valence-corrected chi connectivity index (χ4v) is 1.69. The Morgan fingerprint density at radius 1 is 1.50 bits per heavy atom. The molecule has 1 aromatic rings. The molecule has 0 aromatic carbocycles. The summed E-state index contributed by atoms with van der Waals surface area (Å²) in [5.41, 5.74) is 1.90. The first-order valence-electron chi connectivity index (χ1n) is 5.35. The molecule has 0 fully saturated rings. The van der Waals surface area contributed by atoms with Crippen LogP contribution in [0.15, 0.2) is 46.3 Å². The summed E-state index contributed by atoms with van der Waals surface area (Å²) in [6, 6.07) is 1.89. The van der Waals surface area contributed by atoms with Gasteiger partial charge in [-0.1, -0.05) is 29.0 Å². The van der Waals surface area contributed by atoms with Crippen LogP contribution in [0.4, 0.5) is 4.39 Å². The van der Waals surface area contributed by atoms with Crippen molar-refractivity contribution in [1.29, 1.82) is 0 Å². The van der Waals surface area contributed by atoms with E-state index in [-0.39, 0.29) is 5.83 Å². The SMILES string of the molecule is Cc1cc(C/C2=C/C/C=C\C=C(\F)C2)on1. The summed E-state index contributed by atoms with van der Waals surface area (Å²) in [6.07, 6.45) is 9.08. The van der Waals surface area contributed by atoms with Crippen LogP contribution in [0.25, 0.3) is 0 Å². The van der Waals surface area contributed by atoms with E-state index in [1.54, 1.807) is 6.08 Å². The molecular weight excluding hydrogens is 205 g/mol. The summed E-state index contributed by atoms with van der Waals surface area (Å²) in [6.45, 7) is 1.88. The number of rotatable bonds is 2. The topological polar surface area (TPSA) is 26.0 Å². The highest BCUT2D eigenvalue weighted by Gasteiger charge is 2.07. The lowest BCUT2D eigenvalue weighted by Crippen LogP contribution is -1.92. The van der Waals surface area contributed by atoms with E-state index in [2.05, 4.69) is 5.16 Å². The molecule has 1 heterocycles. The quantitative estimate of drug-likeness (QED) is 0.709. The van der Waals surface area contributed by atoms with Gasteiger partial charge in [-0.2, -0.15) is 0 Å². The molecule has 0 radical (unpaired) electrons. The van der Waals surface area contributed by atoms with E-state index in [1.807, 2.05) is 25.1 Å². The number of nitrogens with zero attached hydrogens (tertiary/aromatic N) is 1. The maximum atomic E-state index is 13.3. The highest BCUT2D eigenvalue weighted by molar-refractivity contribution is 5.23. The molecule has 3 heteroatoms. The number of hydrogen-bond acceptors (Lipinski definition) is 2. The second-order valence-electron chi connectivity index (χ2n) is 3.93. The number of aryl methyl sites for hydroxylation is 1. The Morgan fingerprint density at radius 3 is 3.12 bits per heavy atom.